The third-order valence-corrected chi connectivity index (χ3v) is 4.53. The third kappa shape index (κ3) is 3.03. The lowest BCUT2D eigenvalue weighted by Crippen LogP contribution is -1.98. The molecule has 0 aliphatic carbocycles. The van der Waals surface area contributed by atoms with E-state index in [1.807, 2.05) is 36.4 Å². The zero-order valence-electron chi connectivity index (χ0n) is 12.1. The van der Waals surface area contributed by atoms with E-state index in [0.717, 1.165) is 26.8 Å². The molecule has 3 rings (SSSR count). The molecule has 0 saturated carbocycles. The normalized spacial score (nSPS) is 10.4. The summed E-state index contributed by atoms with van der Waals surface area (Å²) in [5.74, 6) is -0.868. The molecule has 0 atom stereocenters. The number of benzene rings is 2. The molecule has 4 nitrogen and oxygen atoms in total. The average Bonchev–Trinajstić information content (AvgIpc) is 2.59. The molecule has 0 aliphatic rings. The molecule has 0 spiro atoms. The molecule has 0 bridgehead atoms. The highest BCUT2D eigenvalue weighted by atomic mass is 32.2. The van der Waals surface area contributed by atoms with Gasteiger partial charge in [-0.25, -0.2) is 0 Å². The van der Waals surface area contributed by atoms with E-state index < -0.39 is 5.97 Å². The van der Waals surface area contributed by atoms with Crippen molar-refractivity contribution in [3.8, 4) is 17.2 Å². The molecule has 1 heterocycles. The molecule has 1 aromatic heterocycles. The van der Waals surface area contributed by atoms with E-state index in [1.54, 1.807) is 18.5 Å². The smallest absolute Gasteiger partial charge is 0.313 e. The van der Waals surface area contributed by atoms with Gasteiger partial charge in [-0.2, -0.15) is 5.26 Å². The molecule has 2 aromatic carbocycles. The lowest BCUT2D eigenvalue weighted by molar-refractivity contribution is -0.133. The molecule has 0 amide bonds. The average molecular weight is 320 g/mol. The van der Waals surface area contributed by atoms with Crippen LogP contribution in [0, 0.1) is 11.3 Å². The van der Waals surface area contributed by atoms with Gasteiger partial charge in [0, 0.05) is 28.2 Å². The number of carboxylic acids is 1. The van der Waals surface area contributed by atoms with E-state index >= 15 is 0 Å². The molecule has 0 fully saturated rings. The maximum Gasteiger partial charge on any atom is 0.313 e. The fourth-order valence-electron chi connectivity index (χ4n) is 2.48. The van der Waals surface area contributed by atoms with E-state index in [0.29, 0.717) is 5.56 Å². The number of rotatable bonds is 4. The predicted molar refractivity (Wildman–Crippen MR) is 90.3 cm³/mol. The van der Waals surface area contributed by atoms with Crippen molar-refractivity contribution in [1.82, 2.24) is 4.98 Å². The van der Waals surface area contributed by atoms with Crippen LogP contribution in [0.1, 0.15) is 5.56 Å². The van der Waals surface area contributed by atoms with Crippen LogP contribution in [0.5, 0.6) is 0 Å². The fourth-order valence-corrected chi connectivity index (χ4v) is 3.23. The number of nitrogens with zero attached hydrogens (tertiary/aromatic N) is 2. The number of hydrogen-bond donors (Lipinski definition) is 1. The first-order valence-electron chi connectivity index (χ1n) is 6.91. The van der Waals surface area contributed by atoms with Crippen LogP contribution < -0.4 is 0 Å². The van der Waals surface area contributed by atoms with E-state index in [1.165, 1.54) is 11.8 Å². The first-order valence-corrected chi connectivity index (χ1v) is 7.90. The van der Waals surface area contributed by atoms with E-state index in [4.69, 9.17) is 5.11 Å². The Bertz CT molecular complexity index is 932. The molecule has 1 N–H and O–H groups in total. The van der Waals surface area contributed by atoms with Gasteiger partial charge < -0.3 is 5.11 Å². The Balaban J connectivity index is 2.19. The highest BCUT2D eigenvalue weighted by molar-refractivity contribution is 8.00. The quantitative estimate of drug-likeness (QED) is 0.737. The Labute approximate surface area is 137 Å². The van der Waals surface area contributed by atoms with Crippen LogP contribution in [0.2, 0.25) is 0 Å². The summed E-state index contributed by atoms with van der Waals surface area (Å²) in [5, 5.41) is 20.0. The number of pyridine rings is 1. The van der Waals surface area contributed by atoms with E-state index in [2.05, 4.69) is 11.1 Å². The van der Waals surface area contributed by atoms with Gasteiger partial charge in [0.1, 0.15) is 0 Å². The molecule has 3 aromatic rings. The molecular formula is C18H12N2O2S. The van der Waals surface area contributed by atoms with Gasteiger partial charge in [-0.1, -0.05) is 30.3 Å². The SMILES string of the molecule is N#Cc1ccc(-c2cnccc2SCC(=O)O)c2ccccc12. The van der Waals surface area contributed by atoms with Crippen molar-refractivity contribution in [1.29, 1.82) is 5.26 Å². The van der Waals surface area contributed by atoms with Gasteiger partial charge in [0.2, 0.25) is 0 Å². The Kier molecular flexibility index (Phi) is 4.26. The zero-order chi connectivity index (χ0) is 16.2. The minimum absolute atomic E-state index is 0.00871. The van der Waals surface area contributed by atoms with Crippen LogP contribution in [-0.4, -0.2) is 21.8 Å². The van der Waals surface area contributed by atoms with Crippen LogP contribution in [0.4, 0.5) is 0 Å². The van der Waals surface area contributed by atoms with Crippen LogP contribution in [0.3, 0.4) is 0 Å². The summed E-state index contributed by atoms with van der Waals surface area (Å²) in [7, 11) is 0. The summed E-state index contributed by atoms with van der Waals surface area (Å²) in [6, 6.07) is 15.4. The van der Waals surface area contributed by atoms with Crippen LogP contribution in [0.15, 0.2) is 59.8 Å². The number of hydrogen-bond acceptors (Lipinski definition) is 4. The number of nitriles is 1. The summed E-state index contributed by atoms with van der Waals surface area (Å²) in [6.45, 7) is 0. The first-order chi connectivity index (χ1) is 11.2. The molecule has 0 aliphatic heterocycles. The van der Waals surface area contributed by atoms with Crippen molar-refractivity contribution >= 4 is 28.5 Å². The van der Waals surface area contributed by atoms with Gasteiger partial charge in [0.05, 0.1) is 17.4 Å². The summed E-state index contributed by atoms with van der Waals surface area (Å²) in [6.07, 6.45) is 3.39. The highest BCUT2D eigenvalue weighted by Crippen LogP contribution is 2.36. The minimum Gasteiger partial charge on any atom is -0.481 e. The minimum atomic E-state index is -0.859. The highest BCUT2D eigenvalue weighted by Gasteiger charge is 2.12. The fraction of sp³-hybridized carbons (Fsp3) is 0.0556. The van der Waals surface area contributed by atoms with E-state index in [-0.39, 0.29) is 5.75 Å². The summed E-state index contributed by atoms with van der Waals surface area (Å²) in [4.78, 5) is 15.9. The van der Waals surface area contributed by atoms with Crippen LogP contribution in [-0.2, 0) is 4.79 Å². The number of thioether (sulfide) groups is 1. The van der Waals surface area contributed by atoms with Crippen molar-refractivity contribution in [2.75, 3.05) is 5.75 Å². The number of carboxylic acid groups (broad SMARTS) is 1. The van der Waals surface area contributed by atoms with Crippen LogP contribution in [0.25, 0.3) is 21.9 Å². The lowest BCUT2D eigenvalue weighted by Gasteiger charge is -2.11. The summed E-state index contributed by atoms with van der Waals surface area (Å²) >= 11 is 1.26. The molecule has 0 unspecified atom stereocenters. The van der Waals surface area contributed by atoms with Gasteiger partial charge in [-0.15, -0.1) is 11.8 Å². The maximum atomic E-state index is 10.8. The molecule has 23 heavy (non-hydrogen) atoms. The topological polar surface area (TPSA) is 74.0 Å². The van der Waals surface area contributed by atoms with Crippen molar-refractivity contribution in [2.24, 2.45) is 0 Å². The van der Waals surface area contributed by atoms with Crippen molar-refractivity contribution in [3.63, 3.8) is 0 Å². The Morgan fingerprint density at radius 1 is 1.13 bits per heavy atom. The van der Waals surface area contributed by atoms with E-state index in [9.17, 15) is 10.1 Å². The van der Waals surface area contributed by atoms with Crippen molar-refractivity contribution < 1.29 is 9.90 Å². The maximum absolute atomic E-state index is 10.8. The molecule has 0 radical (unpaired) electrons. The van der Waals surface area contributed by atoms with Crippen molar-refractivity contribution in [2.45, 2.75) is 4.90 Å². The van der Waals surface area contributed by atoms with Gasteiger partial charge in [-0.05, 0) is 23.1 Å². The van der Waals surface area contributed by atoms with Gasteiger partial charge in [0.25, 0.3) is 0 Å². The van der Waals surface area contributed by atoms with Gasteiger partial charge >= 0.3 is 5.97 Å². The van der Waals surface area contributed by atoms with Crippen LogP contribution >= 0.6 is 11.8 Å². The van der Waals surface area contributed by atoms with Gasteiger partial charge in [0.15, 0.2) is 0 Å². The van der Waals surface area contributed by atoms with Crippen molar-refractivity contribution in [3.05, 3.63) is 60.4 Å². The molecule has 0 saturated heterocycles. The van der Waals surface area contributed by atoms with Gasteiger partial charge in [-0.3, -0.25) is 9.78 Å². The largest absolute Gasteiger partial charge is 0.481 e. The first kappa shape index (κ1) is 15.1. The number of fused-ring (bicyclic) bond motifs is 1. The number of aliphatic carboxylic acids is 1. The lowest BCUT2D eigenvalue weighted by atomic mass is 9.96. The molecule has 112 valence electrons. The zero-order valence-corrected chi connectivity index (χ0v) is 12.9. The number of aromatic nitrogens is 1. The number of carbonyl (C=O) groups is 1. The predicted octanol–water partition coefficient (Wildman–Crippen LogP) is 3.95. The Morgan fingerprint density at radius 3 is 2.65 bits per heavy atom. The molecular weight excluding hydrogens is 308 g/mol. The third-order valence-electron chi connectivity index (χ3n) is 3.47. The second kappa shape index (κ2) is 6.51. The second-order valence-electron chi connectivity index (χ2n) is 4.87. The summed E-state index contributed by atoms with van der Waals surface area (Å²) in [5.41, 5.74) is 2.44. The summed E-state index contributed by atoms with van der Waals surface area (Å²) < 4.78 is 0. The standard InChI is InChI=1S/C18H12N2O2S/c19-9-12-5-6-15(14-4-2-1-3-13(12)14)16-10-20-8-7-17(16)23-11-18(21)22/h1-8,10H,11H2,(H,21,22). The Hall–Kier alpha value is -2.84. The second-order valence-corrected chi connectivity index (χ2v) is 5.89. The monoisotopic (exact) mass is 320 g/mol. The molecule has 5 heteroatoms. The Morgan fingerprint density at radius 2 is 1.91 bits per heavy atom.